The minimum absolute atomic E-state index is 0.111. The Kier molecular flexibility index (Phi) is 5.75. The van der Waals surface area contributed by atoms with Crippen LogP contribution in [0.15, 0.2) is 24.3 Å². The molecule has 12 heteroatoms. The first-order valence-corrected chi connectivity index (χ1v) is 8.63. The maximum atomic E-state index is 12.8. The van der Waals surface area contributed by atoms with Crippen molar-refractivity contribution in [1.29, 1.82) is 0 Å². The van der Waals surface area contributed by atoms with E-state index >= 15 is 0 Å². The van der Waals surface area contributed by atoms with Gasteiger partial charge in [0.1, 0.15) is 16.9 Å². The molecule has 27 heavy (non-hydrogen) atoms. The zero-order valence-corrected chi connectivity index (χ0v) is 14.4. The van der Waals surface area contributed by atoms with Crippen molar-refractivity contribution >= 4 is 28.2 Å². The van der Waals surface area contributed by atoms with Crippen molar-refractivity contribution in [3.05, 3.63) is 29.3 Å². The third kappa shape index (κ3) is 5.04. The fraction of sp³-hybridized carbons (Fsp3) is 0.400. The molecule has 1 aliphatic heterocycles. The standard InChI is InChI=1S/C15H14F4N4O3S/c16-12(17)15(18,19)26-9-5-3-8(4-6-9)20-13(24)21-14-23-22-11(27-14)10-2-1-7-25-10/h3-6,10,12H,1-2,7H2,(H2,20,21,23,24). The smallest absolute Gasteiger partial charge is 0.428 e. The number of carbonyl (C=O) groups excluding carboxylic acids is 1. The summed E-state index contributed by atoms with van der Waals surface area (Å²) in [4.78, 5) is 12.0. The number of anilines is 2. The minimum atomic E-state index is -4.59. The molecule has 0 aliphatic carbocycles. The molecule has 3 rings (SSSR count). The van der Waals surface area contributed by atoms with Gasteiger partial charge >= 0.3 is 18.6 Å². The first-order chi connectivity index (χ1) is 12.8. The Morgan fingerprint density at radius 3 is 2.63 bits per heavy atom. The third-order valence-corrected chi connectivity index (χ3v) is 4.42. The van der Waals surface area contributed by atoms with E-state index in [0.717, 1.165) is 25.0 Å². The van der Waals surface area contributed by atoms with Gasteiger partial charge in [-0.1, -0.05) is 11.3 Å². The number of hydrogen-bond acceptors (Lipinski definition) is 6. The number of benzene rings is 1. The molecule has 1 unspecified atom stereocenters. The number of halogens is 4. The average Bonchev–Trinajstić information content (AvgIpc) is 3.27. The van der Waals surface area contributed by atoms with Gasteiger partial charge in [0.15, 0.2) is 0 Å². The van der Waals surface area contributed by atoms with E-state index < -0.39 is 24.3 Å². The lowest BCUT2D eigenvalue weighted by molar-refractivity contribution is -0.253. The molecule has 0 spiro atoms. The zero-order chi connectivity index (χ0) is 19.4. The van der Waals surface area contributed by atoms with Crippen LogP contribution in [0.1, 0.15) is 24.0 Å². The van der Waals surface area contributed by atoms with Crippen molar-refractivity contribution in [2.24, 2.45) is 0 Å². The Bertz CT molecular complexity index is 782. The average molecular weight is 406 g/mol. The number of hydrogen-bond donors (Lipinski definition) is 2. The molecule has 1 saturated heterocycles. The number of ether oxygens (including phenoxy) is 2. The summed E-state index contributed by atoms with van der Waals surface area (Å²) in [5.41, 5.74) is 0.240. The van der Waals surface area contributed by atoms with Gasteiger partial charge in [-0.25, -0.2) is 4.79 Å². The van der Waals surface area contributed by atoms with Gasteiger partial charge in [-0.15, -0.1) is 10.2 Å². The van der Waals surface area contributed by atoms with Crippen molar-refractivity contribution in [1.82, 2.24) is 10.2 Å². The number of amides is 2. The normalized spacial score (nSPS) is 17.1. The van der Waals surface area contributed by atoms with Crippen LogP contribution in [-0.2, 0) is 4.74 Å². The van der Waals surface area contributed by atoms with E-state index in [2.05, 4.69) is 25.6 Å². The fourth-order valence-corrected chi connectivity index (χ4v) is 3.08. The number of urea groups is 1. The topological polar surface area (TPSA) is 85.4 Å². The van der Waals surface area contributed by atoms with Gasteiger partial charge in [0.25, 0.3) is 0 Å². The maximum Gasteiger partial charge on any atom is 0.461 e. The monoisotopic (exact) mass is 406 g/mol. The Balaban J connectivity index is 1.53. The second-order valence-corrected chi connectivity index (χ2v) is 6.52. The Morgan fingerprint density at radius 2 is 2.00 bits per heavy atom. The van der Waals surface area contributed by atoms with E-state index in [1.807, 2.05) is 0 Å². The van der Waals surface area contributed by atoms with Gasteiger partial charge in [-0.05, 0) is 37.1 Å². The van der Waals surface area contributed by atoms with E-state index in [9.17, 15) is 22.4 Å². The van der Waals surface area contributed by atoms with Crippen LogP contribution in [0.2, 0.25) is 0 Å². The molecule has 1 aromatic carbocycles. The van der Waals surface area contributed by atoms with Crippen LogP contribution in [0.4, 0.5) is 33.2 Å². The number of nitrogens with zero attached hydrogens (tertiary/aromatic N) is 2. The van der Waals surface area contributed by atoms with Crippen LogP contribution in [0.5, 0.6) is 5.75 Å². The summed E-state index contributed by atoms with van der Waals surface area (Å²) in [6, 6.07) is 3.90. The first kappa shape index (κ1) is 19.3. The lowest BCUT2D eigenvalue weighted by Crippen LogP contribution is -2.33. The van der Waals surface area contributed by atoms with Crippen LogP contribution in [0, 0.1) is 0 Å². The van der Waals surface area contributed by atoms with Crippen LogP contribution in [0.3, 0.4) is 0 Å². The lowest BCUT2D eigenvalue weighted by Gasteiger charge is -2.16. The summed E-state index contributed by atoms with van der Waals surface area (Å²) in [5.74, 6) is -0.461. The van der Waals surface area contributed by atoms with Crippen LogP contribution in [0.25, 0.3) is 0 Å². The van der Waals surface area contributed by atoms with Gasteiger partial charge < -0.3 is 14.8 Å². The van der Waals surface area contributed by atoms with E-state index in [-0.39, 0.29) is 16.9 Å². The van der Waals surface area contributed by atoms with Gasteiger partial charge in [-0.2, -0.15) is 17.6 Å². The molecule has 1 aliphatic rings. The summed E-state index contributed by atoms with van der Waals surface area (Å²) in [5, 5.41) is 13.7. The van der Waals surface area contributed by atoms with Crippen molar-refractivity contribution in [3.63, 3.8) is 0 Å². The largest absolute Gasteiger partial charge is 0.461 e. The van der Waals surface area contributed by atoms with Crippen molar-refractivity contribution in [3.8, 4) is 5.75 Å². The predicted octanol–water partition coefficient (Wildman–Crippen LogP) is 4.27. The highest BCUT2D eigenvalue weighted by atomic mass is 32.1. The third-order valence-electron chi connectivity index (χ3n) is 3.49. The Hall–Kier alpha value is -2.47. The van der Waals surface area contributed by atoms with Gasteiger partial charge in [0.2, 0.25) is 5.13 Å². The molecule has 1 fully saturated rings. The van der Waals surface area contributed by atoms with Crippen molar-refractivity contribution in [2.45, 2.75) is 31.5 Å². The first-order valence-electron chi connectivity index (χ1n) is 7.81. The summed E-state index contributed by atoms with van der Waals surface area (Å²) in [6.07, 6.45) is -6.87. The van der Waals surface area contributed by atoms with Crippen LogP contribution >= 0.6 is 11.3 Å². The SMILES string of the molecule is O=C(Nc1ccc(OC(F)(F)C(F)F)cc1)Nc1nnc(C2CCCO2)s1. The summed E-state index contributed by atoms with van der Waals surface area (Å²) in [7, 11) is 0. The molecule has 1 aromatic heterocycles. The molecule has 0 bridgehead atoms. The molecule has 1 atom stereocenters. The van der Waals surface area contributed by atoms with Crippen molar-refractivity contribution < 1.29 is 31.8 Å². The molecular weight excluding hydrogens is 392 g/mol. The highest BCUT2D eigenvalue weighted by molar-refractivity contribution is 7.15. The maximum absolute atomic E-state index is 12.8. The number of rotatable bonds is 6. The second kappa shape index (κ2) is 8.05. The van der Waals surface area contributed by atoms with E-state index in [4.69, 9.17) is 4.74 Å². The molecule has 2 aromatic rings. The molecule has 146 valence electrons. The molecule has 0 saturated carbocycles. The fourth-order valence-electron chi connectivity index (χ4n) is 2.26. The van der Waals surface area contributed by atoms with E-state index in [1.165, 1.54) is 23.5 Å². The highest BCUT2D eigenvalue weighted by Gasteiger charge is 2.43. The molecule has 0 radical (unpaired) electrons. The molecule has 2 amide bonds. The van der Waals surface area contributed by atoms with Gasteiger partial charge in [0, 0.05) is 12.3 Å². The van der Waals surface area contributed by atoms with Crippen LogP contribution in [-0.4, -0.2) is 35.4 Å². The molecular formula is C15H14F4N4O3S. The summed E-state index contributed by atoms with van der Waals surface area (Å²) < 4.78 is 59.3. The highest BCUT2D eigenvalue weighted by Crippen LogP contribution is 2.32. The van der Waals surface area contributed by atoms with Crippen molar-refractivity contribution in [2.75, 3.05) is 17.2 Å². The number of aromatic nitrogens is 2. The predicted molar refractivity (Wildman–Crippen MR) is 88.5 cm³/mol. The van der Waals surface area contributed by atoms with Crippen LogP contribution < -0.4 is 15.4 Å². The lowest BCUT2D eigenvalue weighted by atomic mass is 10.2. The van der Waals surface area contributed by atoms with Gasteiger partial charge in [0.05, 0.1) is 0 Å². The number of alkyl halides is 4. The zero-order valence-electron chi connectivity index (χ0n) is 13.6. The Morgan fingerprint density at radius 1 is 1.26 bits per heavy atom. The second-order valence-electron chi connectivity index (χ2n) is 5.52. The molecule has 2 heterocycles. The summed E-state index contributed by atoms with van der Waals surface area (Å²) in [6.45, 7) is 0.663. The van der Waals surface area contributed by atoms with Gasteiger partial charge in [-0.3, -0.25) is 5.32 Å². The quantitative estimate of drug-likeness (QED) is 0.700. The molecule has 7 nitrogen and oxygen atoms in total. The number of nitrogens with one attached hydrogen (secondary N) is 2. The Labute approximate surface area is 154 Å². The minimum Gasteiger partial charge on any atom is -0.428 e. The summed E-state index contributed by atoms with van der Waals surface area (Å²) >= 11 is 1.19. The van der Waals surface area contributed by atoms with E-state index in [0.29, 0.717) is 11.6 Å². The number of carbonyl (C=O) groups is 1. The van der Waals surface area contributed by atoms with E-state index in [1.54, 1.807) is 0 Å². The molecule has 2 N–H and O–H groups in total.